The molecule has 0 saturated heterocycles. The zero-order valence-corrected chi connectivity index (χ0v) is 10.2. The van der Waals surface area contributed by atoms with Crippen molar-refractivity contribution in [1.82, 2.24) is 0 Å². The first-order valence-electron chi connectivity index (χ1n) is 3.92. The van der Waals surface area contributed by atoms with E-state index in [1.54, 1.807) is 18.2 Å². The first-order chi connectivity index (χ1) is 6.54. The fourth-order valence-corrected chi connectivity index (χ4v) is 2.11. The van der Waals surface area contributed by atoms with Gasteiger partial charge < -0.3 is 10.2 Å². The van der Waals surface area contributed by atoms with Crippen LogP contribution in [0.25, 0.3) is 0 Å². The summed E-state index contributed by atoms with van der Waals surface area (Å²) in [5, 5.41) is 19.4. The van der Waals surface area contributed by atoms with Crippen LogP contribution in [0, 0.1) is 0 Å². The van der Waals surface area contributed by atoms with Crippen molar-refractivity contribution in [2.75, 3.05) is 5.88 Å². The molecule has 2 nitrogen and oxygen atoms in total. The maximum atomic E-state index is 9.62. The molecule has 0 bridgehead atoms. The lowest BCUT2D eigenvalue weighted by Gasteiger charge is -2.16. The standard InChI is InChI=1S/C9H9BrCl2O2/c10-6-1-5(2-7(12)3-6)9(14)8(13)4-11/h1-3,8-9,13-14H,4H2. The van der Waals surface area contributed by atoms with Gasteiger partial charge in [-0.2, -0.15) is 0 Å². The van der Waals surface area contributed by atoms with E-state index in [0.717, 1.165) is 4.47 Å². The van der Waals surface area contributed by atoms with Crippen molar-refractivity contribution in [3.05, 3.63) is 33.3 Å². The van der Waals surface area contributed by atoms with Gasteiger partial charge in [0.1, 0.15) is 6.10 Å². The summed E-state index contributed by atoms with van der Waals surface area (Å²) in [4.78, 5) is 0. The highest BCUT2D eigenvalue weighted by Gasteiger charge is 2.17. The highest BCUT2D eigenvalue weighted by molar-refractivity contribution is 9.10. The smallest absolute Gasteiger partial charge is 0.106 e. The lowest BCUT2D eigenvalue weighted by Crippen LogP contribution is -2.19. The summed E-state index contributed by atoms with van der Waals surface area (Å²) in [5.41, 5.74) is 0.539. The minimum absolute atomic E-state index is 0.0225. The summed E-state index contributed by atoms with van der Waals surface area (Å²) in [5.74, 6) is -0.0225. The lowest BCUT2D eigenvalue weighted by atomic mass is 10.1. The van der Waals surface area contributed by atoms with Crippen LogP contribution >= 0.6 is 39.1 Å². The molecule has 2 N–H and O–H groups in total. The average Bonchev–Trinajstić information content (AvgIpc) is 2.14. The second kappa shape index (κ2) is 5.33. The molecule has 0 aromatic heterocycles. The quantitative estimate of drug-likeness (QED) is 0.843. The first-order valence-corrected chi connectivity index (χ1v) is 5.63. The van der Waals surface area contributed by atoms with Crippen LogP contribution in [0.3, 0.4) is 0 Å². The Bertz CT molecular complexity index is 299. The Kier molecular flexibility index (Phi) is 4.67. The fourth-order valence-electron chi connectivity index (χ4n) is 1.05. The second-order valence-corrected chi connectivity index (χ2v) is 4.53. The monoisotopic (exact) mass is 298 g/mol. The molecule has 0 aliphatic rings. The molecule has 0 aliphatic carbocycles. The van der Waals surface area contributed by atoms with Gasteiger partial charge in [0.15, 0.2) is 0 Å². The highest BCUT2D eigenvalue weighted by Crippen LogP contribution is 2.25. The number of benzene rings is 1. The van der Waals surface area contributed by atoms with Crippen molar-refractivity contribution in [3.63, 3.8) is 0 Å². The van der Waals surface area contributed by atoms with E-state index in [1.165, 1.54) is 0 Å². The number of hydrogen-bond acceptors (Lipinski definition) is 2. The molecule has 2 atom stereocenters. The topological polar surface area (TPSA) is 40.5 Å². The number of hydrogen-bond donors (Lipinski definition) is 2. The molecule has 1 rings (SSSR count). The van der Waals surface area contributed by atoms with Gasteiger partial charge in [-0.25, -0.2) is 0 Å². The molecule has 5 heteroatoms. The van der Waals surface area contributed by atoms with E-state index in [1.807, 2.05) is 0 Å². The summed E-state index contributed by atoms with van der Waals surface area (Å²) < 4.78 is 0.751. The number of alkyl halides is 1. The summed E-state index contributed by atoms with van der Waals surface area (Å²) in [6.07, 6.45) is -2.00. The van der Waals surface area contributed by atoms with E-state index in [9.17, 15) is 10.2 Å². The Morgan fingerprint density at radius 1 is 1.29 bits per heavy atom. The van der Waals surface area contributed by atoms with E-state index in [4.69, 9.17) is 23.2 Å². The Balaban J connectivity index is 2.94. The molecule has 0 radical (unpaired) electrons. The van der Waals surface area contributed by atoms with Gasteiger partial charge in [0.2, 0.25) is 0 Å². The summed E-state index contributed by atoms with van der Waals surface area (Å²) in [7, 11) is 0. The van der Waals surface area contributed by atoms with Crippen LogP contribution in [0.1, 0.15) is 11.7 Å². The number of halogens is 3. The van der Waals surface area contributed by atoms with Crippen molar-refractivity contribution in [2.45, 2.75) is 12.2 Å². The molecule has 0 amide bonds. The van der Waals surface area contributed by atoms with Gasteiger partial charge in [0, 0.05) is 9.50 Å². The van der Waals surface area contributed by atoms with Crippen LogP contribution in [0.4, 0.5) is 0 Å². The van der Waals surface area contributed by atoms with Crippen LogP contribution in [-0.4, -0.2) is 22.2 Å². The van der Waals surface area contributed by atoms with Crippen LogP contribution in [-0.2, 0) is 0 Å². The molecule has 78 valence electrons. The maximum Gasteiger partial charge on any atom is 0.106 e. The fraction of sp³-hybridized carbons (Fsp3) is 0.333. The van der Waals surface area contributed by atoms with Gasteiger partial charge in [-0.05, 0) is 23.8 Å². The minimum atomic E-state index is -1.01. The van der Waals surface area contributed by atoms with Gasteiger partial charge in [0.25, 0.3) is 0 Å². The maximum absolute atomic E-state index is 9.62. The van der Waals surface area contributed by atoms with Gasteiger partial charge in [-0.15, -0.1) is 11.6 Å². The van der Waals surface area contributed by atoms with Crippen LogP contribution in [0.5, 0.6) is 0 Å². The van der Waals surface area contributed by atoms with Crippen LogP contribution in [0.2, 0.25) is 5.02 Å². The second-order valence-electron chi connectivity index (χ2n) is 2.87. The lowest BCUT2D eigenvalue weighted by molar-refractivity contribution is 0.0327. The van der Waals surface area contributed by atoms with Gasteiger partial charge in [-0.1, -0.05) is 27.5 Å². The summed E-state index contributed by atoms with van der Waals surface area (Å²) >= 11 is 14.5. The van der Waals surface area contributed by atoms with Crippen LogP contribution in [0.15, 0.2) is 22.7 Å². The van der Waals surface area contributed by atoms with E-state index >= 15 is 0 Å². The Labute approximate surface area is 101 Å². The van der Waals surface area contributed by atoms with Gasteiger partial charge in [0.05, 0.1) is 12.0 Å². The molecule has 0 aliphatic heterocycles. The molecule has 0 spiro atoms. The van der Waals surface area contributed by atoms with E-state index in [2.05, 4.69) is 15.9 Å². The van der Waals surface area contributed by atoms with E-state index < -0.39 is 12.2 Å². The molecule has 0 fully saturated rings. The SMILES string of the molecule is OC(CCl)C(O)c1cc(Cl)cc(Br)c1. The number of aliphatic hydroxyl groups is 2. The minimum Gasteiger partial charge on any atom is -0.389 e. The first kappa shape index (κ1) is 12.3. The molecular weight excluding hydrogens is 291 g/mol. The Morgan fingerprint density at radius 2 is 1.93 bits per heavy atom. The van der Waals surface area contributed by atoms with Crippen molar-refractivity contribution < 1.29 is 10.2 Å². The van der Waals surface area contributed by atoms with Gasteiger partial charge in [-0.3, -0.25) is 0 Å². The zero-order chi connectivity index (χ0) is 10.7. The van der Waals surface area contributed by atoms with Crippen molar-refractivity contribution in [3.8, 4) is 0 Å². The normalized spacial score (nSPS) is 15.2. The molecular formula is C9H9BrCl2O2. The van der Waals surface area contributed by atoms with Crippen LogP contribution < -0.4 is 0 Å². The predicted molar refractivity (Wildman–Crippen MR) is 60.8 cm³/mol. The molecule has 0 heterocycles. The van der Waals surface area contributed by atoms with Crippen molar-refractivity contribution in [1.29, 1.82) is 0 Å². The molecule has 14 heavy (non-hydrogen) atoms. The summed E-state index contributed by atoms with van der Waals surface area (Å²) in [6, 6.07) is 4.98. The molecule has 1 aromatic rings. The highest BCUT2D eigenvalue weighted by atomic mass is 79.9. The third-order valence-electron chi connectivity index (χ3n) is 1.75. The summed E-state index contributed by atoms with van der Waals surface area (Å²) in [6.45, 7) is 0. The van der Waals surface area contributed by atoms with Gasteiger partial charge >= 0.3 is 0 Å². The largest absolute Gasteiger partial charge is 0.389 e. The zero-order valence-electron chi connectivity index (χ0n) is 7.12. The average molecular weight is 300 g/mol. The third-order valence-corrected chi connectivity index (χ3v) is 2.74. The van der Waals surface area contributed by atoms with Crippen molar-refractivity contribution in [2.24, 2.45) is 0 Å². The molecule has 1 aromatic carbocycles. The van der Waals surface area contributed by atoms with E-state index in [-0.39, 0.29) is 5.88 Å². The molecule has 0 saturated carbocycles. The molecule has 2 unspecified atom stereocenters. The predicted octanol–water partition coefficient (Wildman–Crippen LogP) is 2.74. The number of rotatable bonds is 3. The van der Waals surface area contributed by atoms with Crippen molar-refractivity contribution >= 4 is 39.1 Å². The third kappa shape index (κ3) is 3.11. The number of aliphatic hydroxyl groups excluding tert-OH is 2. The van der Waals surface area contributed by atoms with E-state index in [0.29, 0.717) is 10.6 Å². The Morgan fingerprint density at radius 3 is 2.43 bits per heavy atom. The Hall–Kier alpha value is 0.200.